The molecule has 2 aromatic heterocycles. The van der Waals surface area contributed by atoms with E-state index in [4.69, 9.17) is 4.74 Å². The Morgan fingerprint density at radius 2 is 1.84 bits per heavy atom. The van der Waals surface area contributed by atoms with Crippen LogP contribution in [-0.2, 0) is 9.53 Å². The number of thiophene rings is 1. The number of imide groups is 1. The van der Waals surface area contributed by atoms with Crippen LogP contribution in [0.4, 0.5) is 0 Å². The lowest BCUT2D eigenvalue weighted by atomic mass is 10.2. The Morgan fingerprint density at radius 1 is 1.04 bits per heavy atom. The number of amides is 2. The molecule has 0 aliphatic carbocycles. The second-order valence-electron chi connectivity index (χ2n) is 4.83. The summed E-state index contributed by atoms with van der Waals surface area (Å²) in [7, 11) is 0. The van der Waals surface area contributed by atoms with Crippen molar-refractivity contribution in [2.24, 2.45) is 0 Å². The quantitative estimate of drug-likeness (QED) is 0.696. The average molecular weight is 372 g/mol. The minimum atomic E-state index is -0.711. The van der Waals surface area contributed by atoms with Gasteiger partial charge in [-0.2, -0.15) is 0 Å². The highest BCUT2D eigenvalue weighted by atomic mass is 32.1. The van der Waals surface area contributed by atoms with E-state index in [9.17, 15) is 14.4 Å². The van der Waals surface area contributed by atoms with Gasteiger partial charge in [0, 0.05) is 10.9 Å². The van der Waals surface area contributed by atoms with Gasteiger partial charge in [0.1, 0.15) is 5.01 Å². The van der Waals surface area contributed by atoms with E-state index < -0.39 is 24.4 Å². The van der Waals surface area contributed by atoms with Crippen molar-refractivity contribution in [3.63, 3.8) is 0 Å². The molecule has 0 atom stereocenters. The number of ether oxygens (including phenoxy) is 1. The predicted octanol–water partition coefficient (Wildman–Crippen LogP) is 2.99. The molecule has 3 aromatic rings. The van der Waals surface area contributed by atoms with Crippen molar-refractivity contribution in [2.75, 3.05) is 6.61 Å². The molecular weight excluding hydrogens is 360 g/mol. The number of nitrogens with zero attached hydrogens (tertiary/aromatic N) is 1. The molecule has 0 aliphatic heterocycles. The molecule has 0 spiro atoms. The Bertz CT molecular complexity index is 889. The van der Waals surface area contributed by atoms with Gasteiger partial charge in [-0.1, -0.05) is 36.4 Å². The van der Waals surface area contributed by atoms with Gasteiger partial charge in [0.2, 0.25) is 0 Å². The first-order valence-corrected chi connectivity index (χ1v) is 8.95. The van der Waals surface area contributed by atoms with Crippen molar-refractivity contribution in [3.05, 3.63) is 63.8 Å². The molecule has 0 saturated carbocycles. The van der Waals surface area contributed by atoms with Gasteiger partial charge >= 0.3 is 5.97 Å². The number of aromatic nitrogens is 1. The molecule has 3 rings (SSSR count). The Labute approximate surface area is 151 Å². The summed E-state index contributed by atoms with van der Waals surface area (Å²) in [6.07, 6.45) is 0. The van der Waals surface area contributed by atoms with Crippen LogP contribution in [0.15, 0.2) is 53.2 Å². The number of hydrogen-bond acceptors (Lipinski definition) is 7. The van der Waals surface area contributed by atoms with Crippen LogP contribution in [0, 0.1) is 0 Å². The summed E-state index contributed by atoms with van der Waals surface area (Å²) in [6.45, 7) is -0.547. The molecule has 6 nitrogen and oxygen atoms in total. The van der Waals surface area contributed by atoms with Crippen LogP contribution in [0.3, 0.4) is 0 Å². The average Bonchev–Trinajstić information content (AvgIpc) is 3.32. The van der Waals surface area contributed by atoms with Crippen LogP contribution in [0.1, 0.15) is 20.2 Å². The fourth-order valence-corrected chi connectivity index (χ4v) is 3.33. The van der Waals surface area contributed by atoms with Gasteiger partial charge < -0.3 is 4.74 Å². The number of thiazole rings is 1. The summed E-state index contributed by atoms with van der Waals surface area (Å²) in [5.74, 6) is -1.92. The third-order valence-corrected chi connectivity index (χ3v) is 4.83. The summed E-state index contributed by atoms with van der Waals surface area (Å²) in [5, 5.41) is 6.14. The minimum absolute atomic E-state index is 0.126. The van der Waals surface area contributed by atoms with E-state index >= 15 is 0 Å². The van der Waals surface area contributed by atoms with E-state index in [1.807, 2.05) is 30.3 Å². The van der Waals surface area contributed by atoms with E-state index in [2.05, 4.69) is 10.3 Å². The van der Waals surface area contributed by atoms with Crippen molar-refractivity contribution in [1.82, 2.24) is 10.3 Å². The van der Waals surface area contributed by atoms with E-state index in [-0.39, 0.29) is 5.69 Å². The Balaban J connectivity index is 1.53. The van der Waals surface area contributed by atoms with Crippen LogP contribution < -0.4 is 5.32 Å². The normalized spacial score (nSPS) is 10.2. The smallest absolute Gasteiger partial charge is 0.358 e. The summed E-state index contributed by atoms with van der Waals surface area (Å²) in [4.78, 5) is 40.0. The predicted molar refractivity (Wildman–Crippen MR) is 94.6 cm³/mol. The maximum Gasteiger partial charge on any atom is 0.358 e. The van der Waals surface area contributed by atoms with Gasteiger partial charge in [-0.15, -0.1) is 22.7 Å². The zero-order valence-electron chi connectivity index (χ0n) is 12.8. The summed E-state index contributed by atoms with van der Waals surface area (Å²) in [5.41, 5.74) is 1.02. The van der Waals surface area contributed by atoms with E-state index in [0.717, 1.165) is 5.56 Å². The molecular formula is C17H12N2O4S2. The number of nitrogens with one attached hydrogen (secondary N) is 1. The number of carbonyl (C=O) groups excluding carboxylic acids is 3. The molecule has 8 heteroatoms. The van der Waals surface area contributed by atoms with Crippen LogP contribution in [0.5, 0.6) is 0 Å². The highest BCUT2D eigenvalue weighted by Crippen LogP contribution is 2.23. The van der Waals surface area contributed by atoms with Crippen molar-refractivity contribution in [3.8, 4) is 10.6 Å². The van der Waals surface area contributed by atoms with Crippen molar-refractivity contribution in [1.29, 1.82) is 0 Å². The first kappa shape index (κ1) is 17.0. The largest absolute Gasteiger partial charge is 0.451 e. The first-order chi connectivity index (χ1) is 12.1. The van der Waals surface area contributed by atoms with Crippen LogP contribution in [0.25, 0.3) is 10.6 Å². The third-order valence-electron chi connectivity index (χ3n) is 3.07. The number of esters is 1. The molecule has 1 aromatic carbocycles. The lowest BCUT2D eigenvalue weighted by Gasteiger charge is -2.03. The standard InChI is InChI=1S/C17H12N2O4S2/c20-14(19-15(21)13-7-4-8-24-13)9-23-17(22)12-10-25-16(18-12)11-5-2-1-3-6-11/h1-8,10H,9H2,(H,19,20,21). The number of hydrogen-bond donors (Lipinski definition) is 1. The van der Waals surface area contributed by atoms with Gasteiger partial charge in [-0.05, 0) is 11.4 Å². The monoisotopic (exact) mass is 372 g/mol. The number of benzene rings is 1. The Hall–Kier alpha value is -2.84. The molecule has 2 heterocycles. The van der Waals surface area contributed by atoms with Crippen LogP contribution in [-0.4, -0.2) is 29.4 Å². The Kier molecular flexibility index (Phi) is 5.32. The second-order valence-corrected chi connectivity index (χ2v) is 6.64. The second kappa shape index (κ2) is 7.82. The maximum absolute atomic E-state index is 12.0. The van der Waals surface area contributed by atoms with Crippen molar-refractivity contribution < 1.29 is 19.1 Å². The molecule has 126 valence electrons. The molecule has 0 fully saturated rings. The number of carbonyl (C=O) groups is 3. The zero-order chi connectivity index (χ0) is 17.6. The van der Waals surface area contributed by atoms with Crippen molar-refractivity contribution in [2.45, 2.75) is 0 Å². The molecule has 0 aliphatic rings. The van der Waals surface area contributed by atoms with Gasteiger partial charge in [0.05, 0.1) is 4.88 Å². The topological polar surface area (TPSA) is 85.4 Å². The lowest BCUT2D eigenvalue weighted by Crippen LogP contribution is -2.33. The van der Waals surface area contributed by atoms with E-state index in [1.165, 1.54) is 22.7 Å². The highest BCUT2D eigenvalue weighted by molar-refractivity contribution is 7.13. The fourth-order valence-electron chi connectivity index (χ4n) is 1.92. The molecule has 0 bridgehead atoms. The molecule has 1 N–H and O–H groups in total. The molecule has 0 radical (unpaired) electrons. The Morgan fingerprint density at radius 3 is 2.56 bits per heavy atom. The highest BCUT2D eigenvalue weighted by Gasteiger charge is 2.16. The lowest BCUT2D eigenvalue weighted by molar-refractivity contribution is -0.123. The minimum Gasteiger partial charge on any atom is -0.451 e. The molecule has 0 unspecified atom stereocenters. The summed E-state index contributed by atoms with van der Waals surface area (Å²) in [6, 6.07) is 12.7. The fraction of sp³-hybridized carbons (Fsp3) is 0.0588. The first-order valence-electron chi connectivity index (χ1n) is 7.19. The molecule has 2 amide bonds. The van der Waals surface area contributed by atoms with Crippen LogP contribution >= 0.6 is 22.7 Å². The summed E-state index contributed by atoms with van der Waals surface area (Å²) < 4.78 is 4.90. The molecule has 25 heavy (non-hydrogen) atoms. The van der Waals surface area contributed by atoms with E-state index in [0.29, 0.717) is 9.88 Å². The number of rotatable bonds is 5. The van der Waals surface area contributed by atoms with Gasteiger partial charge in [0.15, 0.2) is 12.3 Å². The SMILES string of the molecule is O=C(COC(=O)c1csc(-c2ccccc2)n1)NC(=O)c1cccs1. The third kappa shape index (κ3) is 4.37. The summed E-state index contributed by atoms with van der Waals surface area (Å²) >= 11 is 2.52. The van der Waals surface area contributed by atoms with Gasteiger partial charge in [-0.25, -0.2) is 9.78 Å². The van der Waals surface area contributed by atoms with Gasteiger partial charge in [0.25, 0.3) is 11.8 Å². The zero-order valence-corrected chi connectivity index (χ0v) is 14.4. The van der Waals surface area contributed by atoms with Crippen LogP contribution in [0.2, 0.25) is 0 Å². The van der Waals surface area contributed by atoms with Gasteiger partial charge in [-0.3, -0.25) is 14.9 Å². The molecule has 0 saturated heterocycles. The maximum atomic E-state index is 12.0. The van der Waals surface area contributed by atoms with E-state index in [1.54, 1.807) is 22.9 Å². The van der Waals surface area contributed by atoms with Crippen molar-refractivity contribution >= 4 is 40.5 Å².